The van der Waals surface area contributed by atoms with E-state index in [1.807, 2.05) is 23.7 Å². The Labute approximate surface area is 167 Å². The van der Waals surface area contributed by atoms with E-state index in [0.29, 0.717) is 28.3 Å². The monoisotopic (exact) mass is 398 g/mol. The van der Waals surface area contributed by atoms with Gasteiger partial charge in [-0.05, 0) is 42.8 Å². The fraction of sp³-hybridized carbons (Fsp3) is 0.286. The zero-order valence-electron chi connectivity index (χ0n) is 16.1. The molecule has 1 heterocycles. The molecule has 0 atom stereocenters. The van der Waals surface area contributed by atoms with E-state index in [2.05, 4.69) is 11.9 Å². The number of nitrogens with zero attached hydrogens (tertiary/aromatic N) is 2. The minimum atomic E-state index is -0.396. The van der Waals surface area contributed by atoms with Gasteiger partial charge in [0.1, 0.15) is 5.75 Å². The van der Waals surface area contributed by atoms with Crippen molar-refractivity contribution < 1.29 is 19.1 Å². The molecule has 0 bridgehead atoms. The number of methoxy groups -OCH3 is 1. The van der Waals surface area contributed by atoms with Gasteiger partial charge >= 0.3 is 5.97 Å². The molecule has 6 nitrogen and oxygen atoms in total. The smallest absolute Gasteiger partial charge is 0.337 e. The van der Waals surface area contributed by atoms with E-state index >= 15 is 0 Å². The Balaban J connectivity index is 1.91. The maximum atomic E-state index is 12.6. The Bertz CT molecular complexity index is 1080. The Morgan fingerprint density at radius 1 is 1.14 bits per heavy atom. The van der Waals surface area contributed by atoms with Crippen LogP contribution in [0, 0.1) is 0 Å². The Hall–Kier alpha value is -2.93. The average molecular weight is 398 g/mol. The molecule has 0 fully saturated rings. The van der Waals surface area contributed by atoms with E-state index in [1.54, 1.807) is 30.3 Å². The summed E-state index contributed by atoms with van der Waals surface area (Å²) >= 11 is 1.35. The number of rotatable bonds is 6. The first-order chi connectivity index (χ1) is 13.5. The normalized spacial score (nSPS) is 11.6. The summed E-state index contributed by atoms with van der Waals surface area (Å²) in [7, 11) is 3.19. The first-order valence-electron chi connectivity index (χ1n) is 9.03. The summed E-state index contributed by atoms with van der Waals surface area (Å²) in [5, 5.41) is 0. The zero-order valence-corrected chi connectivity index (χ0v) is 16.9. The van der Waals surface area contributed by atoms with E-state index in [1.165, 1.54) is 18.4 Å². The number of hydrogen-bond acceptors (Lipinski definition) is 5. The average Bonchev–Trinajstić information content (AvgIpc) is 3.02. The molecule has 1 aromatic heterocycles. The van der Waals surface area contributed by atoms with E-state index in [0.717, 1.165) is 23.1 Å². The standard InChI is InChI=1S/C21H22N2O4S/c1-4-5-11-27-16-8-6-7-14(12-16)19(24)22-21-23(2)17-10-9-15(20(25)26-3)13-18(17)28-21/h6-10,12-13H,4-5,11H2,1-3H3. The summed E-state index contributed by atoms with van der Waals surface area (Å²) < 4.78 is 13.1. The van der Waals surface area contributed by atoms with Crippen molar-refractivity contribution in [2.45, 2.75) is 19.8 Å². The highest BCUT2D eigenvalue weighted by molar-refractivity contribution is 7.16. The molecular formula is C21H22N2O4S. The highest BCUT2D eigenvalue weighted by Crippen LogP contribution is 2.19. The lowest BCUT2D eigenvalue weighted by molar-refractivity contribution is 0.0601. The molecule has 3 aromatic rings. The maximum Gasteiger partial charge on any atom is 0.337 e. The second-order valence-electron chi connectivity index (χ2n) is 6.26. The molecular weight excluding hydrogens is 376 g/mol. The lowest BCUT2D eigenvalue weighted by atomic mass is 10.2. The third-order valence-corrected chi connectivity index (χ3v) is 5.37. The van der Waals surface area contributed by atoms with Crippen LogP contribution in [0.2, 0.25) is 0 Å². The van der Waals surface area contributed by atoms with Crippen LogP contribution in [-0.4, -0.2) is 30.2 Å². The number of fused-ring (bicyclic) bond motifs is 1. The van der Waals surface area contributed by atoms with E-state index in [-0.39, 0.29) is 5.91 Å². The van der Waals surface area contributed by atoms with Gasteiger partial charge in [-0.1, -0.05) is 30.7 Å². The van der Waals surface area contributed by atoms with Gasteiger partial charge in [-0.2, -0.15) is 4.99 Å². The summed E-state index contributed by atoms with van der Waals surface area (Å²) in [6.45, 7) is 2.72. The molecule has 0 saturated carbocycles. The molecule has 28 heavy (non-hydrogen) atoms. The van der Waals surface area contributed by atoms with Gasteiger partial charge in [0, 0.05) is 12.6 Å². The van der Waals surface area contributed by atoms with Gasteiger partial charge in [-0.15, -0.1) is 0 Å². The number of benzene rings is 2. The first-order valence-corrected chi connectivity index (χ1v) is 9.85. The first kappa shape index (κ1) is 19.8. The van der Waals surface area contributed by atoms with Crippen molar-refractivity contribution in [3.63, 3.8) is 0 Å². The van der Waals surface area contributed by atoms with Gasteiger partial charge in [-0.25, -0.2) is 4.79 Å². The van der Waals surface area contributed by atoms with E-state index in [4.69, 9.17) is 9.47 Å². The molecule has 0 saturated heterocycles. The predicted octanol–water partition coefficient (Wildman–Crippen LogP) is 3.95. The van der Waals surface area contributed by atoms with Gasteiger partial charge < -0.3 is 14.0 Å². The summed E-state index contributed by atoms with van der Waals surface area (Å²) in [5.74, 6) is -0.0679. The fourth-order valence-corrected chi connectivity index (χ4v) is 3.75. The van der Waals surface area contributed by atoms with Crippen LogP contribution in [0.1, 0.15) is 40.5 Å². The molecule has 1 amide bonds. The van der Waals surface area contributed by atoms with Crippen LogP contribution in [0.15, 0.2) is 47.5 Å². The van der Waals surface area contributed by atoms with Crippen molar-refractivity contribution in [3.8, 4) is 5.75 Å². The molecule has 0 aliphatic heterocycles. The Morgan fingerprint density at radius 3 is 2.71 bits per heavy atom. The van der Waals surface area contributed by atoms with Crippen LogP contribution in [0.3, 0.4) is 0 Å². The van der Waals surface area contributed by atoms with Crippen molar-refractivity contribution in [3.05, 3.63) is 58.4 Å². The van der Waals surface area contributed by atoms with Crippen LogP contribution in [-0.2, 0) is 11.8 Å². The molecule has 0 aliphatic carbocycles. The summed E-state index contributed by atoms with van der Waals surface area (Å²) in [6.07, 6.45) is 2.02. The van der Waals surface area contributed by atoms with Crippen molar-refractivity contribution in [2.75, 3.05) is 13.7 Å². The van der Waals surface area contributed by atoms with Crippen molar-refractivity contribution in [1.29, 1.82) is 0 Å². The van der Waals surface area contributed by atoms with Gasteiger partial charge in [0.25, 0.3) is 5.91 Å². The second kappa shape index (κ2) is 8.84. The van der Waals surface area contributed by atoms with E-state index in [9.17, 15) is 9.59 Å². The number of esters is 1. The molecule has 0 radical (unpaired) electrons. The lowest BCUT2D eigenvalue weighted by Crippen LogP contribution is -2.13. The second-order valence-corrected chi connectivity index (χ2v) is 7.27. The molecule has 146 valence electrons. The molecule has 0 N–H and O–H groups in total. The number of carbonyl (C=O) groups is 2. The summed E-state index contributed by atoms with van der Waals surface area (Å²) in [5.41, 5.74) is 1.83. The largest absolute Gasteiger partial charge is 0.494 e. The van der Waals surface area contributed by atoms with Gasteiger partial charge in [-0.3, -0.25) is 4.79 Å². The summed E-state index contributed by atoms with van der Waals surface area (Å²) in [6, 6.07) is 12.3. The number of aryl methyl sites for hydroxylation is 1. The third kappa shape index (κ3) is 4.31. The van der Waals surface area contributed by atoms with Crippen LogP contribution < -0.4 is 9.54 Å². The minimum absolute atomic E-state index is 0.337. The predicted molar refractivity (Wildman–Crippen MR) is 109 cm³/mol. The highest BCUT2D eigenvalue weighted by atomic mass is 32.1. The molecule has 0 spiro atoms. The molecule has 7 heteroatoms. The van der Waals surface area contributed by atoms with Crippen LogP contribution in [0.25, 0.3) is 10.2 Å². The fourth-order valence-electron chi connectivity index (χ4n) is 2.69. The minimum Gasteiger partial charge on any atom is -0.494 e. The maximum absolute atomic E-state index is 12.6. The molecule has 0 aliphatic rings. The molecule has 3 rings (SSSR count). The SMILES string of the molecule is CCCCOc1cccc(C(=O)N=c2sc3cc(C(=O)OC)ccc3n2C)c1. The number of ether oxygens (including phenoxy) is 2. The van der Waals surface area contributed by atoms with E-state index < -0.39 is 5.97 Å². The van der Waals surface area contributed by atoms with Crippen LogP contribution in [0.4, 0.5) is 0 Å². The highest BCUT2D eigenvalue weighted by Gasteiger charge is 2.11. The quantitative estimate of drug-likeness (QED) is 0.466. The van der Waals surface area contributed by atoms with Gasteiger partial charge in [0.05, 0.1) is 29.5 Å². The lowest BCUT2D eigenvalue weighted by Gasteiger charge is -2.05. The number of aromatic nitrogens is 1. The Morgan fingerprint density at radius 2 is 1.96 bits per heavy atom. The van der Waals surface area contributed by atoms with Gasteiger partial charge in [0.15, 0.2) is 4.80 Å². The Kier molecular flexibility index (Phi) is 6.26. The zero-order chi connectivity index (χ0) is 20.1. The summed E-state index contributed by atoms with van der Waals surface area (Å²) in [4.78, 5) is 29.2. The number of thiazole rings is 1. The van der Waals surface area contributed by atoms with Crippen molar-refractivity contribution in [1.82, 2.24) is 4.57 Å². The number of carbonyl (C=O) groups excluding carboxylic acids is 2. The van der Waals surface area contributed by atoms with Crippen molar-refractivity contribution in [2.24, 2.45) is 12.0 Å². The van der Waals surface area contributed by atoms with Crippen molar-refractivity contribution >= 4 is 33.4 Å². The third-order valence-electron chi connectivity index (χ3n) is 4.28. The number of unbranched alkanes of at least 4 members (excludes halogenated alkanes) is 1. The van der Waals surface area contributed by atoms with Crippen LogP contribution in [0.5, 0.6) is 5.75 Å². The molecule has 0 unspecified atom stereocenters. The number of amides is 1. The van der Waals surface area contributed by atoms with Gasteiger partial charge in [0.2, 0.25) is 0 Å². The van der Waals surface area contributed by atoms with Crippen LogP contribution >= 0.6 is 11.3 Å². The molecule has 2 aromatic carbocycles. The topological polar surface area (TPSA) is 69.9 Å². The number of hydrogen-bond donors (Lipinski definition) is 0.